The van der Waals surface area contributed by atoms with E-state index in [2.05, 4.69) is 4.90 Å². The van der Waals surface area contributed by atoms with Crippen LogP contribution in [0.5, 0.6) is 0 Å². The number of nitrogens with zero attached hydrogens (tertiary/aromatic N) is 2. The van der Waals surface area contributed by atoms with E-state index in [-0.39, 0.29) is 12.2 Å². The van der Waals surface area contributed by atoms with E-state index in [1.165, 1.54) is 37.5 Å². The molecule has 8 heteroatoms. The molecule has 128 valence electrons. The average molecular weight is 324 g/mol. The summed E-state index contributed by atoms with van der Waals surface area (Å²) in [5, 5.41) is 29.1. The van der Waals surface area contributed by atoms with Crippen molar-refractivity contribution in [1.82, 2.24) is 4.90 Å². The molecule has 4 N–H and O–H groups in total. The first-order valence-electron chi connectivity index (χ1n) is 7.90. The van der Waals surface area contributed by atoms with Gasteiger partial charge in [-0.3, -0.25) is 15.5 Å². The minimum absolute atomic E-state index is 0.000213. The van der Waals surface area contributed by atoms with Crippen LogP contribution in [0.3, 0.4) is 0 Å². The third kappa shape index (κ3) is 3.95. The molecule has 1 aliphatic carbocycles. The largest absolute Gasteiger partial charge is 0.384 e. The van der Waals surface area contributed by atoms with Crippen LogP contribution in [0.1, 0.15) is 25.7 Å². The first-order chi connectivity index (χ1) is 11.0. The van der Waals surface area contributed by atoms with Crippen molar-refractivity contribution in [3.05, 3.63) is 33.9 Å². The van der Waals surface area contributed by atoms with E-state index in [4.69, 9.17) is 15.9 Å². The van der Waals surface area contributed by atoms with Crippen LogP contribution < -0.4 is 5.73 Å². The number of piperidine rings is 1. The van der Waals surface area contributed by atoms with Crippen LogP contribution in [0, 0.1) is 15.5 Å². The van der Waals surface area contributed by atoms with Gasteiger partial charge in [0.2, 0.25) is 0 Å². The summed E-state index contributed by atoms with van der Waals surface area (Å²) in [4.78, 5) is 13.1. The lowest BCUT2D eigenvalue weighted by Crippen LogP contribution is -2.53. The third-order valence-corrected chi connectivity index (χ3v) is 4.29. The molecule has 1 fully saturated rings. The molecule has 1 heterocycles. The van der Waals surface area contributed by atoms with Gasteiger partial charge in [-0.1, -0.05) is 18.6 Å². The molecule has 0 aromatic carbocycles. The molecule has 0 bridgehead atoms. The van der Waals surface area contributed by atoms with E-state index >= 15 is 0 Å². The van der Waals surface area contributed by atoms with Gasteiger partial charge in [-0.05, 0) is 32.4 Å². The number of aliphatic hydroxyl groups is 1. The van der Waals surface area contributed by atoms with E-state index < -0.39 is 22.6 Å². The second kappa shape index (κ2) is 7.67. The molecule has 0 amide bonds. The summed E-state index contributed by atoms with van der Waals surface area (Å²) in [5.41, 5.74) is 3.30. The molecule has 2 aliphatic rings. The number of nitro groups is 1. The summed E-state index contributed by atoms with van der Waals surface area (Å²) < 4.78 is 5.46. The fourth-order valence-corrected chi connectivity index (χ4v) is 2.98. The highest BCUT2D eigenvalue weighted by atomic mass is 16.7. The Balaban J connectivity index is 1.93. The summed E-state index contributed by atoms with van der Waals surface area (Å²) in [6.07, 6.45) is 6.70. The Morgan fingerprint density at radius 3 is 2.83 bits per heavy atom. The smallest absolute Gasteiger partial charge is 0.375 e. The number of hydrogen-bond acceptors (Lipinski definition) is 6. The molecule has 0 aromatic rings. The van der Waals surface area contributed by atoms with Crippen LogP contribution in [0.4, 0.5) is 0 Å². The number of nitrogens with one attached hydrogen (secondary N) is 1. The van der Waals surface area contributed by atoms with Gasteiger partial charge in [-0.25, -0.2) is 0 Å². The first kappa shape index (κ1) is 17.6. The van der Waals surface area contributed by atoms with Gasteiger partial charge in [0.15, 0.2) is 6.10 Å². The highest BCUT2D eigenvalue weighted by Crippen LogP contribution is 2.28. The number of nitrogens with two attached hydrogens (primary N) is 1. The van der Waals surface area contributed by atoms with Gasteiger partial charge >= 0.3 is 5.72 Å². The molecule has 1 saturated heterocycles. The molecule has 8 nitrogen and oxygen atoms in total. The molecule has 23 heavy (non-hydrogen) atoms. The SMILES string of the molecule is N=C(N)C1=CC=CC(OCCCN2CCCCC2)([N+](=O)[O-])C1O. The van der Waals surface area contributed by atoms with E-state index in [1.807, 2.05) is 0 Å². The van der Waals surface area contributed by atoms with Crippen molar-refractivity contribution in [3.63, 3.8) is 0 Å². The number of amidine groups is 1. The van der Waals surface area contributed by atoms with E-state index in [1.54, 1.807) is 0 Å². The van der Waals surface area contributed by atoms with Crippen LogP contribution in [0.15, 0.2) is 23.8 Å². The van der Waals surface area contributed by atoms with Gasteiger partial charge in [-0.15, -0.1) is 0 Å². The molecule has 1 aliphatic heterocycles. The van der Waals surface area contributed by atoms with Crippen molar-refractivity contribution in [2.75, 3.05) is 26.2 Å². The molecule has 2 atom stereocenters. The number of aliphatic hydroxyl groups excluding tert-OH is 1. The van der Waals surface area contributed by atoms with Crippen LogP contribution in [-0.2, 0) is 4.74 Å². The maximum Gasteiger partial charge on any atom is 0.375 e. The van der Waals surface area contributed by atoms with Crippen LogP contribution in [-0.4, -0.2) is 58.8 Å². The van der Waals surface area contributed by atoms with Crippen molar-refractivity contribution >= 4 is 5.84 Å². The van der Waals surface area contributed by atoms with Gasteiger partial charge in [0.1, 0.15) is 5.84 Å². The summed E-state index contributed by atoms with van der Waals surface area (Å²) in [6.45, 7) is 3.09. The van der Waals surface area contributed by atoms with Gasteiger partial charge in [-0.2, -0.15) is 0 Å². The molecular weight excluding hydrogens is 300 g/mol. The van der Waals surface area contributed by atoms with Crippen LogP contribution in [0.25, 0.3) is 0 Å². The fourth-order valence-electron chi connectivity index (χ4n) is 2.98. The fraction of sp³-hybridized carbons (Fsp3) is 0.667. The lowest BCUT2D eigenvalue weighted by atomic mass is 9.93. The maximum atomic E-state index is 11.5. The summed E-state index contributed by atoms with van der Waals surface area (Å²) in [7, 11) is 0. The quantitative estimate of drug-likeness (QED) is 0.158. The summed E-state index contributed by atoms with van der Waals surface area (Å²) in [6, 6.07) is 0. The van der Waals surface area contributed by atoms with Gasteiger partial charge in [0, 0.05) is 18.2 Å². The zero-order chi connectivity index (χ0) is 16.9. The average Bonchev–Trinajstić information content (AvgIpc) is 2.53. The van der Waals surface area contributed by atoms with Crippen LogP contribution >= 0.6 is 0 Å². The molecule has 0 saturated carbocycles. The Kier molecular flexibility index (Phi) is 5.86. The molecule has 2 rings (SSSR count). The monoisotopic (exact) mass is 324 g/mol. The Morgan fingerprint density at radius 2 is 2.22 bits per heavy atom. The van der Waals surface area contributed by atoms with E-state index in [0.29, 0.717) is 6.42 Å². The molecule has 0 aromatic heterocycles. The Labute approximate surface area is 135 Å². The second-order valence-corrected chi connectivity index (χ2v) is 5.91. The van der Waals surface area contributed by atoms with Gasteiger partial charge in [0.25, 0.3) is 0 Å². The van der Waals surface area contributed by atoms with Gasteiger partial charge < -0.3 is 20.5 Å². The van der Waals surface area contributed by atoms with Crippen molar-refractivity contribution in [2.24, 2.45) is 5.73 Å². The Bertz CT molecular complexity index is 514. The van der Waals surface area contributed by atoms with E-state index in [9.17, 15) is 15.2 Å². The van der Waals surface area contributed by atoms with Crippen molar-refractivity contribution in [3.8, 4) is 0 Å². The third-order valence-electron chi connectivity index (χ3n) is 4.29. The topological polar surface area (TPSA) is 126 Å². The Hall–Kier alpha value is -1.77. The van der Waals surface area contributed by atoms with E-state index in [0.717, 1.165) is 19.6 Å². The van der Waals surface area contributed by atoms with Gasteiger partial charge in [0.05, 0.1) is 11.5 Å². The Morgan fingerprint density at radius 1 is 1.52 bits per heavy atom. The van der Waals surface area contributed by atoms with Crippen molar-refractivity contribution < 1.29 is 14.8 Å². The lowest BCUT2D eigenvalue weighted by Gasteiger charge is -2.31. The maximum absolute atomic E-state index is 11.5. The molecule has 2 unspecified atom stereocenters. The summed E-state index contributed by atoms with van der Waals surface area (Å²) >= 11 is 0. The van der Waals surface area contributed by atoms with Crippen molar-refractivity contribution in [1.29, 1.82) is 5.41 Å². The number of hydrogen-bond donors (Lipinski definition) is 3. The number of likely N-dealkylation sites (tertiary alicyclic amines) is 1. The number of ether oxygens (including phenoxy) is 1. The normalized spacial score (nSPS) is 28.4. The molecule has 0 spiro atoms. The molecular formula is C15H24N4O4. The lowest BCUT2D eigenvalue weighted by molar-refractivity contribution is -0.624. The zero-order valence-corrected chi connectivity index (χ0v) is 13.1. The highest BCUT2D eigenvalue weighted by Gasteiger charge is 2.52. The zero-order valence-electron chi connectivity index (χ0n) is 13.1. The summed E-state index contributed by atoms with van der Waals surface area (Å²) in [5.74, 6) is -0.398. The number of allylic oxidation sites excluding steroid dienone is 2. The predicted octanol–water partition coefficient (Wildman–Crippen LogP) is 0.645. The molecule has 0 radical (unpaired) electrons. The first-order valence-corrected chi connectivity index (χ1v) is 7.90. The van der Waals surface area contributed by atoms with Crippen LogP contribution in [0.2, 0.25) is 0 Å². The minimum atomic E-state index is -2.07. The minimum Gasteiger partial charge on any atom is -0.384 e. The second-order valence-electron chi connectivity index (χ2n) is 5.91. The predicted molar refractivity (Wildman–Crippen MR) is 85.7 cm³/mol. The number of rotatable bonds is 7. The highest BCUT2D eigenvalue weighted by molar-refractivity contribution is 5.96. The standard InChI is InChI=1S/C15H24N4O4/c16-14(17)12-6-4-7-15(13(12)20,19(21)22)23-11-5-10-18-8-2-1-3-9-18/h4,6-7,13,20H,1-3,5,8-11H2,(H3,16,17). The van der Waals surface area contributed by atoms with Crippen molar-refractivity contribution in [2.45, 2.75) is 37.5 Å².